The molecular formula is C31H40F3N3. The Morgan fingerprint density at radius 2 is 1.54 bits per heavy atom. The number of rotatable bonds is 8. The summed E-state index contributed by atoms with van der Waals surface area (Å²) in [4.78, 5) is 9.16. The molecule has 1 aliphatic carbocycles. The Bertz CT molecular complexity index is 1020. The van der Waals surface area contributed by atoms with Gasteiger partial charge in [-0.15, -0.1) is 0 Å². The number of aryl methyl sites for hydroxylation is 1. The van der Waals surface area contributed by atoms with Gasteiger partial charge in [0.2, 0.25) is 0 Å². The van der Waals surface area contributed by atoms with Gasteiger partial charge in [0.15, 0.2) is 0 Å². The van der Waals surface area contributed by atoms with Gasteiger partial charge in [0, 0.05) is 42.8 Å². The lowest BCUT2D eigenvalue weighted by atomic mass is 9.83. The van der Waals surface area contributed by atoms with Gasteiger partial charge in [0.05, 0.1) is 5.41 Å². The molecule has 200 valence electrons. The van der Waals surface area contributed by atoms with Gasteiger partial charge in [-0.2, -0.15) is 13.2 Å². The molecule has 1 saturated carbocycles. The van der Waals surface area contributed by atoms with Crippen LogP contribution in [-0.2, 0) is 6.42 Å². The number of halogens is 3. The van der Waals surface area contributed by atoms with Crippen LogP contribution in [0.1, 0.15) is 69.0 Å². The van der Waals surface area contributed by atoms with Crippen LogP contribution in [0.15, 0.2) is 49.2 Å². The van der Waals surface area contributed by atoms with Crippen LogP contribution in [0.4, 0.5) is 13.2 Å². The third-order valence-electron chi connectivity index (χ3n) is 9.07. The fourth-order valence-electron chi connectivity index (χ4n) is 6.56. The lowest BCUT2D eigenvalue weighted by Crippen LogP contribution is -2.48. The maximum absolute atomic E-state index is 13.8. The molecule has 2 saturated heterocycles. The van der Waals surface area contributed by atoms with E-state index in [2.05, 4.69) is 52.8 Å². The van der Waals surface area contributed by atoms with E-state index in [9.17, 15) is 13.2 Å². The summed E-state index contributed by atoms with van der Waals surface area (Å²) < 4.78 is 41.3. The molecule has 3 heterocycles. The quantitative estimate of drug-likeness (QED) is 0.364. The first-order valence-electron chi connectivity index (χ1n) is 14.1. The van der Waals surface area contributed by atoms with E-state index in [0.717, 1.165) is 74.4 Å². The minimum atomic E-state index is -4.08. The van der Waals surface area contributed by atoms with Crippen LogP contribution in [0.5, 0.6) is 0 Å². The summed E-state index contributed by atoms with van der Waals surface area (Å²) in [7, 11) is 0. The standard InChI is InChI=1S/C31H40F3N3/c1-24(37-18-4-5-19-37)26-7-9-27(10-8-26)28-11-13-29(35-22-28)12-6-25-14-20-36(21-15-25)23-30(31(32,33)34)16-2-3-17-30/h7-11,13,22,25H,1-6,12,14-21,23H2. The molecule has 0 amide bonds. The normalized spacial score (nSPS) is 21.0. The summed E-state index contributed by atoms with van der Waals surface area (Å²) in [6.07, 6.45) is 6.35. The summed E-state index contributed by atoms with van der Waals surface area (Å²) in [5.74, 6) is 0.569. The van der Waals surface area contributed by atoms with Crippen LogP contribution in [0.25, 0.3) is 16.8 Å². The molecule has 3 aliphatic rings. The van der Waals surface area contributed by atoms with Gasteiger partial charge in [0.25, 0.3) is 0 Å². The minimum absolute atomic E-state index is 0.194. The SMILES string of the molecule is C=C(c1ccc(-c2ccc(CCC3CCN(CC4(C(F)(F)F)CCCC4)CC3)nc2)cc1)N1CCCC1. The Kier molecular flexibility index (Phi) is 7.94. The molecular weight excluding hydrogens is 471 g/mol. The molecule has 3 nitrogen and oxygen atoms in total. The molecule has 0 unspecified atom stereocenters. The molecule has 0 spiro atoms. The topological polar surface area (TPSA) is 19.4 Å². The number of hydrogen-bond acceptors (Lipinski definition) is 3. The Morgan fingerprint density at radius 1 is 0.892 bits per heavy atom. The molecule has 5 rings (SSSR count). The molecule has 2 aliphatic heterocycles. The van der Waals surface area contributed by atoms with E-state index in [-0.39, 0.29) is 6.54 Å². The number of alkyl halides is 3. The van der Waals surface area contributed by atoms with Gasteiger partial charge >= 0.3 is 6.18 Å². The van der Waals surface area contributed by atoms with Crippen molar-refractivity contribution in [1.29, 1.82) is 0 Å². The van der Waals surface area contributed by atoms with E-state index in [1.165, 1.54) is 18.4 Å². The van der Waals surface area contributed by atoms with E-state index in [0.29, 0.717) is 31.6 Å². The van der Waals surface area contributed by atoms with Gasteiger partial charge in [-0.1, -0.05) is 49.8 Å². The van der Waals surface area contributed by atoms with Crippen molar-refractivity contribution >= 4 is 5.70 Å². The minimum Gasteiger partial charge on any atom is -0.372 e. The van der Waals surface area contributed by atoms with Gasteiger partial charge in [0.1, 0.15) is 0 Å². The highest BCUT2D eigenvalue weighted by Gasteiger charge is 2.56. The Labute approximate surface area is 219 Å². The van der Waals surface area contributed by atoms with Crippen molar-refractivity contribution in [1.82, 2.24) is 14.8 Å². The van der Waals surface area contributed by atoms with E-state index in [4.69, 9.17) is 4.98 Å². The van der Waals surface area contributed by atoms with Crippen LogP contribution >= 0.6 is 0 Å². The zero-order chi connectivity index (χ0) is 25.9. The van der Waals surface area contributed by atoms with Gasteiger partial charge in [-0.25, -0.2) is 0 Å². The molecule has 1 aromatic heterocycles. The fourth-order valence-corrected chi connectivity index (χ4v) is 6.56. The fraction of sp³-hybridized carbons (Fsp3) is 0.581. The molecule has 37 heavy (non-hydrogen) atoms. The zero-order valence-electron chi connectivity index (χ0n) is 21.9. The van der Waals surface area contributed by atoms with Crippen LogP contribution < -0.4 is 0 Å². The van der Waals surface area contributed by atoms with Crippen molar-refractivity contribution in [2.75, 3.05) is 32.7 Å². The second kappa shape index (κ2) is 11.2. The van der Waals surface area contributed by atoms with E-state index in [1.807, 2.05) is 6.20 Å². The summed E-state index contributed by atoms with van der Waals surface area (Å²) in [6, 6.07) is 12.9. The molecule has 6 heteroatoms. The second-order valence-electron chi connectivity index (χ2n) is 11.5. The number of benzene rings is 1. The number of piperidine rings is 1. The van der Waals surface area contributed by atoms with Crippen molar-refractivity contribution in [3.8, 4) is 11.1 Å². The number of likely N-dealkylation sites (tertiary alicyclic amines) is 2. The predicted molar refractivity (Wildman–Crippen MR) is 144 cm³/mol. The molecule has 0 N–H and O–H groups in total. The van der Waals surface area contributed by atoms with Crippen molar-refractivity contribution in [3.63, 3.8) is 0 Å². The van der Waals surface area contributed by atoms with Crippen LogP contribution in [-0.4, -0.2) is 53.7 Å². The molecule has 0 radical (unpaired) electrons. The highest BCUT2D eigenvalue weighted by atomic mass is 19.4. The average molecular weight is 512 g/mol. The monoisotopic (exact) mass is 511 g/mol. The first-order valence-corrected chi connectivity index (χ1v) is 14.1. The summed E-state index contributed by atoms with van der Waals surface area (Å²) in [5, 5.41) is 0. The Balaban J connectivity index is 1.08. The maximum Gasteiger partial charge on any atom is 0.395 e. The number of hydrogen-bond donors (Lipinski definition) is 0. The van der Waals surface area contributed by atoms with E-state index < -0.39 is 11.6 Å². The van der Waals surface area contributed by atoms with Crippen molar-refractivity contribution in [2.45, 2.75) is 70.4 Å². The second-order valence-corrected chi connectivity index (χ2v) is 11.5. The largest absolute Gasteiger partial charge is 0.395 e. The highest BCUT2D eigenvalue weighted by molar-refractivity contribution is 5.68. The first-order chi connectivity index (χ1) is 17.8. The number of pyridine rings is 1. The number of nitrogens with zero attached hydrogens (tertiary/aromatic N) is 3. The van der Waals surface area contributed by atoms with E-state index in [1.54, 1.807) is 0 Å². The first kappa shape index (κ1) is 26.3. The van der Waals surface area contributed by atoms with Gasteiger partial charge < -0.3 is 9.80 Å². The number of aromatic nitrogens is 1. The Morgan fingerprint density at radius 3 is 2.14 bits per heavy atom. The van der Waals surface area contributed by atoms with Crippen molar-refractivity contribution in [3.05, 3.63) is 60.4 Å². The third kappa shape index (κ3) is 6.05. The summed E-state index contributed by atoms with van der Waals surface area (Å²) in [6.45, 7) is 8.25. The van der Waals surface area contributed by atoms with Crippen molar-refractivity contribution in [2.24, 2.45) is 11.3 Å². The molecule has 0 bridgehead atoms. The zero-order valence-corrected chi connectivity index (χ0v) is 21.9. The summed E-state index contributed by atoms with van der Waals surface area (Å²) in [5.41, 5.74) is 4.18. The van der Waals surface area contributed by atoms with Crippen LogP contribution in [0, 0.1) is 11.3 Å². The van der Waals surface area contributed by atoms with Crippen molar-refractivity contribution < 1.29 is 13.2 Å². The molecule has 1 aromatic carbocycles. The lowest BCUT2D eigenvalue weighted by molar-refractivity contribution is -0.228. The maximum atomic E-state index is 13.8. The molecule has 2 aromatic rings. The van der Waals surface area contributed by atoms with Crippen LogP contribution in [0.2, 0.25) is 0 Å². The smallest absolute Gasteiger partial charge is 0.372 e. The van der Waals surface area contributed by atoms with Gasteiger partial charge in [-0.05, 0) is 87.6 Å². The van der Waals surface area contributed by atoms with Crippen LogP contribution in [0.3, 0.4) is 0 Å². The summed E-state index contributed by atoms with van der Waals surface area (Å²) >= 11 is 0. The molecule has 3 fully saturated rings. The molecule has 0 atom stereocenters. The third-order valence-corrected chi connectivity index (χ3v) is 9.07. The van der Waals surface area contributed by atoms with Gasteiger partial charge in [-0.3, -0.25) is 4.98 Å². The van der Waals surface area contributed by atoms with E-state index >= 15 is 0 Å². The predicted octanol–water partition coefficient (Wildman–Crippen LogP) is 7.58. The average Bonchev–Trinajstić information content (AvgIpc) is 3.62. The highest BCUT2D eigenvalue weighted by Crippen LogP contribution is 2.51. The lowest BCUT2D eigenvalue weighted by Gasteiger charge is -2.40. The Hall–Kier alpha value is -2.34.